The Kier molecular flexibility index (Phi) is 3.55. The molecule has 0 bridgehead atoms. The first-order valence-corrected chi connectivity index (χ1v) is 5.71. The normalized spacial score (nSPS) is 21.2. The van der Waals surface area contributed by atoms with Crippen LogP contribution in [-0.4, -0.2) is 23.5 Å². The van der Waals surface area contributed by atoms with Gasteiger partial charge in [0.25, 0.3) is 0 Å². The highest BCUT2D eigenvalue weighted by molar-refractivity contribution is 5.98. The molecule has 0 radical (unpaired) electrons. The summed E-state index contributed by atoms with van der Waals surface area (Å²) < 4.78 is 18.1. The molecule has 0 unspecified atom stereocenters. The molecular formula is C12H13FN2O3. The molecule has 1 amide bonds. The smallest absolute Gasteiger partial charge is 0.309 e. The summed E-state index contributed by atoms with van der Waals surface area (Å²) in [6.45, 7) is 2.00. The van der Waals surface area contributed by atoms with Gasteiger partial charge >= 0.3 is 5.97 Å². The average Bonchev–Trinajstić information content (AvgIpc) is 3.12. The second kappa shape index (κ2) is 5.12. The molecule has 1 aromatic rings. The maximum absolute atomic E-state index is 13.2. The minimum absolute atomic E-state index is 0.114. The molecule has 1 fully saturated rings. The maximum atomic E-state index is 13.2. The number of nitrogens with zero attached hydrogens (tertiary/aromatic N) is 1. The molecule has 0 aliphatic heterocycles. The Hall–Kier alpha value is -1.98. The maximum Gasteiger partial charge on any atom is 0.309 e. The van der Waals surface area contributed by atoms with Gasteiger partial charge in [0.1, 0.15) is 0 Å². The lowest BCUT2D eigenvalue weighted by Crippen LogP contribution is -2.19. The Balaban J connectivity index is 1.91. The summed E-state index contributed by atoms with van der Waals surface area (Å²) in [5.74, 6) is -2.33. The zero-order valence-corrected chi connectivity index (χ0v) is 9.85. The molecule has 1 aromatic heterocycles. The zero-order chi connectivity index (χ0) is 13.1. The molecule has 18 heavy (non-hydrogen) atoms. The fraction of sp³-hybridized carbons (Fsp3) is 0.417. The summed E-state index contributed by atoms with van der Waals surface area (Å²) in [5.41, 5.74) is 0. The first kappa shape index (κ1) is 12.5. The van der Waals surface area contributed by atoms with Crippen LogP contribution in [0.25, 0.3) is 0 Å². The third-order valence-electron chi connectivity index (χ3n) is 2.72. The number of carbonyl (C=O) groups is 2. The molecule has 96 valence electrons. The van der Waals surface area contributed by atoms with E-state index in [4.69, 9.17) is 4.74 Å². The Morgan fingerprint density at radius 1 is 1.56 bits per heavy atom. The first-order chi connectivity index (χ1) is 8.63. The first-order valence-electron chi connectivity index (χ1n) is 5.71. The van der Waals surface area contributed by atoms with E-state index in [2.05, 4.69) is 10.3 Å². The molecule has 1 aliphatic carbocycles. The van der Waals surface area contributed by atoms with Crippen LogP contribution in [0.3, 0.4) is 0 Å². The quantitative estimate of drug-likeness (QED) is 0.821. The summed E-state index contributed by atoms with van der Waals surface area (Å²) in [5, 5.41) is 2.37. The number of hydrogen-bond acceptors (Lipinski definition) is 4. The molecule has 0 spiro atoms. The van der Waals surface area contributed by atoms with Gasteiger partial charge in [0.15, 0.2) is 11.6 Å². The third kappa shape index (κ3) is 2.64. The number of anilines is 1. The summed E-state index contributed by atoms with van der Waals surface area (Å²) in [6, 6.07) is 2.64. The second-order valence-corrected chi connectivity index (χ2v) is 4.02. The van der Waals surface area contributed by atoms with Crippen molar-refractivity contribution in [2.75, 3.05) is 11.9 Å². The molecule has 0 saturated heterocycles. The summed E-state index contributed by atoms with van der Waals surface area (Å²) in [7, 11) is 0. The Labute approximate surface area is 103 Å². The van der Waals surface area contributed by atoms with Crippen molar-refractivity contribution in [3.8, 4) is 0 Å². The molecule has 1 N–H and O–H groups in total. The summed E-state index contributed by atoms with van der Waals surface area (Å²) in [4.78, 5) is 26.8. The van der Waals surface area contributed by atoms with Gasteiger partial charge in [0.05, 0.1) is 18.4 Å². The van der Waals surface area contributed by atoms with Crippen molar-refractivity contribution in [1.82, 2.24) is 4.98 Å². The molecule has 1 heterocycles. The Morgan fingerprint density at radius 2 is 2.33 bits per heavy atom. The van der Waals surface area contributed by atoms with E-state index in [1.807, 2.05) is 0 Å². The predicted molar refractivity (Wildman–Crippen MR) is 61.1 cm³/mol. The highest BCUT2D eigenvalue weighted by Gasteiger charge is 2.49. The van der Waals surface area contributed by atoms with Crippen LogP contribution in [0.5, 0.6) is 0 Å². The molecular weight excluding hydrogens is 239 g/mol. The number of pyridine rings is 1. The van der Waals surface area contributed by atoms with Crippen LogP contribution < -0.4 is 5.32 Å². The zero-order valence-electron chi connectivity index (χ0n) is 9.85. The topological polar surface area (TPSA) is 68.3 Å². The van der Waals surface area contributed by atoms with E-state index in [1.165, 1.54) is 18.3 Å². The predicted octanol–water partition coefficient (Wildman–Crippen LogP) is 1.36. The Morgan fingerprint density at radius 3 is 3.00 bits per heavy atom. The van der Waals surface area contributed by atoms with Crippen molar-refractivity contribution in [3.63, 3.8) is 0 Å². The van der Waals surface area contributed by atoms with Gasteiger partial charge in [-0.15, -0.1) is 0 Å². The van der Waals surface area contributed by atoms with Gasteiger partial charge in [-0.1, -0.05) is 0 Å². The molecule has 2 atom stereocenters. The number of aromatic nitrogens is 1. The van der Waals surface area contributed by atoms with E-state index in [9.17, 15) is 14.0 Å². The van der Waals surface area contributed by atoms with Crippen LogP contribution in [0.15, 0.2) is 18.3 Å². The van der Waals surface area contributed by atoms with Gasteiger partial charge in [-0.25, -0.2) is 9.37 Å². The van der Waals surface area contributed by atoms with Crippen molar-refractivity contribution in [2.45, 2.75) is 13.3 Å². The van der Waals surface area contributed by atoms with E-state index in [-0.39, 0.29) is 11.8 Å². The summed E-state index contributed by atoms with van der Waals surface area (Å²) >= 11 is 0. The molecule has 6 heteroatoms. The highest BCUT2D eigenvalue weighted by Crippen LogP contribution is 2.40. The van der Waals surface area contributed by atoms with Gasteiger partial charge < -0.3 is 10.1 Å². The largest absolute Gasteiger partial charge is 0.466 e. The van der Waals surface area contributed by atoms with E-state index in [0.717, 1.165) is 0 Å². The van der Waals surface area contributed by atoms with Crippen LogP contribution in [0.1, 0.15) is 13.3 Å². The van der Waals surface area contributed by atoms with Crippen molar-refractivity contribution in [3.05, 3.63) is 24.1 Å². The monoisotopic (exact) mass is 252 g/mol. The van der Waals surface area contributed by atoms with Gasteiger partial charge in [0, 0.05) is 6.20 Å². The molecule has 2 rings (SSSR count). The van der Waals surface area contributed by atoms with Crippen LogP contribution in [0, 0.1) is 17.7 Å². The number of hydrogen-bond donors (Lipinski definition) is 1. The lowest BCUT2D eigenvalue weighted by atomic mass is 10.3. The SMILES string of the molecule is CCOC(=O)[C@H]1C[C@@H]1C(=O)Nc1ncccc1F. The van der Waals surface area contributed by atoms with E-state index in [0.29, 0.717) is 13.0 Å². The van der Waals surface area contributed by atoms with Crippen LogP contribution in [0.4, 0.5) is 10.2 Å². The molecule has 1 saturated carbocycles. The van der Waals surface area contributed by atoms with Crippen molar-refractivity contribution < 1.29 is 18.7 Å². The van der Waals surface area contributed by atoms with Gasteiger partial charge in [0.2, 0.25) is 5.91 Å². The Bertz CT molecular complexity index is 478. The third-order valence-corrected chi connectivity index (χ3v) is 2.72. The van der Waals surface area contributed by atoms with Gasteiger partial charge in [-0.3, -0.25) is 9.59 Å². The minimum Gasteiger partial charge on any atom is -0.466 e. The fourth-order valence-corrected chi connectivity index (χ4v) is 1.68. The number of halogens is 1. The second-order valence-electron chi connectivity index (χ2n) is 4.02. The molecule has 1 aliphatic rings. The van der Waals surface area contributed by atoms with E-state index in [1.54, 1.807) is 6.92 Å². The lowest BCUT2D eigenvalue weighted by Gasteiger charge is -2.04. The van der Waals surface area contributed by atoms with E-state index < -0.39 is 23.6 Å². The standard InChI is InChI=1S/C12H13FN2O3/c1-2-18-12(17)8-6-7(8)11(16)15-10-9(13)4-3-5-14-10/h3-5,7-8H,2,6H2,1H3,(H,14,15,16)/t7-,8-/m0/s1. The van der Waals surface area contributed by atoms with Crippen molar-refractivity contribution in [1.29, 1.82) is 0 Å². The van der Waals surface area contributed by atoms with Crippen LogP contribution in [-0.2, 0) is 14.3 Å². The highest BCUT2D eigenvalue weighted by atomic mass is 19.1. The number of rotatable bonds is 4. The number of nitrogens with one attached hydrogen (secondary N) is 1. The fourth-order valence-electron chi connectivity index (χ4n) is 1.68. The number of esters is 1. The van der Waals surface area contributed by atoms with Gasteiger partial charge in [-0.05, 0) is 25.5 Å². The van der Waals surface area contributed by atoms with Crippen molar-refractivity contribution >= 4 is 17.7 Å². The van der Waals surface area contributed by atoms with Crippen LogP contribution >= 0.6 is 0 Å². The molecule has 0 aromatic carbocycles. The van der Waals surface area contributed by atoms with Crippen molar-refractivity contribution in [2.24, 2.45) is 11.8 Å². The minimum atomic E-state index is -0.598. The number of ether oxygens (including phenoxy) is 1. The average molecular weight is 252 g/mol. The van der Waals surface area contributed by atoms with Crippen LogP contribution in [0.2, 0.25) is 0 Å². The number of carbonyl (C=O) groups excluding carboxylic acids is 2. The lowest BCUT2D eigenvalue weighted by molar-refractivity contribution is -0.145. The van der Waals surface area contributed by atoms with E-state index >= 15 is 0 Å². The summed E-state index contributed by atoms with van der Waals surface area (Å²) in [6.07, 6.45) is 1.83. The molecule has 5 nitrogen and oxygen atoms in total. The van der Waals surface area contributed by atoms with Gasteiger partial charge in [-0.2, -0.15) is 0 Å². The number of amides is 1.